The van der Waals surface area contributed by atoms with E-state index in [1.54, 1.807) is 0 Å². The molecule has 0 saturated heterocycles. The molecule has 0 spiro atoms. The molecule has 1 aromatic heterocycles. The molecule has 0 fully saturated rings. The monoisotopic (exact) mass is 127 g/mol. The van der Waals surface area contributed by atoms with Crippen LogP contribution in [0.4, 0.5) is 0 Å². The minimum atomic E-state index is 0.909. The number of rotatable bonds is 0. The molecular formula is C4H5N3S. The van der Waals surface area contributed by atoms with Gasteiger partial charge in [0.05, 0.1) is 10.6 Å². The van der Waals surface area contributed by atoms with E-state index in [-0.39, 0.29) is 0 Å². The molecule has 0 aromatic carbocycles. The lowest BCUT2D eigenvalue weighted by atomic mass is 10.4. The Morgan fingerprint density at radius 2 is 2.50 bits per heavy atom. The zero-order chi connectivity index (χ0) is 5.40. The van der Waals surface area contributed by atoms with Crippen LogP contribution in [0, 0.1) is 0 Å². The fourth-order valence-electron chi connectivity index (χ4n) is 0.790. The van der Waals surface area contributed by atoms with E-state index in [4.69, 9.17) is 0 Å². The molecule has 42 valence electrons. The van der Waals surface area contributed by atoms with E-state index in [1.165, 1.54) is 16.4 Å². The highest BCUT2D eigenvalue weighted by Crippen LogP contribution is 2.14. The van der Waals surface area contributed by atoms with Gasteiger partial charge < -0.3 is 5.32 Å². The van der Waals surface area contributed by atoms with E-state index in [0.717, 1.165) is 18.8 Å². The molecule has 1 N–H and O–H groups in total. The van der Waals surface area contributed by atoms with Gasteiger partial charge in [-0.1, -0.05) is 4.49 Å². The standard InChI is InChI=1S/C4H5N3S/c1-3-4(2-5-1)8-7-6-3/h5H,1-2H2. The quantitative estimate of drug-likeness (QED) is 0.538. The summed E-state index contributed by atoms with van der Waals surface area (Å²) in [6, 6.07) is 0. The van der Waals surface area contributed by atoms with E-state index in [1.807, 2.05) is 0 Å². The fourth-order valence-corrected chi connectivity index (χ4v) is 1.41. The van der Waals surface area contributed by atoms with Crippen LogP contribution in [0.5, 0.6) is 0 Å². The minimum Gasteiger partial charge on any atom is -0.306 e. The van der Waals surface area contributed by atoms with E-state index in [2.05, 4.69) is 14.9 Å². The number of hydrogen-bond acceptors (Lipinski definition) is 4. The Morgan fingerprint density at radius 1 is 1.50 bits per heavy atom. The summed E-state index contributed by atoms with van der Waals surface area (Å²) >= 11 is 1.49. The molecule has 1 aliphatic heterocycles. The Morgan fingerprint density at radius 3 is 3.38 bits per heavy atom. The molecule has 2 rings (SSSR count). The van der Waals surface area contributed by atoms with Crippen LogP contribution in [0.25, 0.3) is 0 Å². The van der Waals surface area contributed by atoms with Crippen LogP contribution in [0.3, 0.4) is 0 Å². The fraction of sp³-hybridized carbons (Fsp3) is 0.500. The van der Waals surface area contributed by atoms with Crippen molar-refractivity contribution in [3.05, 3.63) is 10.6 Å². The second-order valence-corrected chi connectivity index (χ2v) is 2.59. The van der Waals surface area contributed by atoms with Crippen molar-refractivity contribution in [1.82, 2.24) is 14.9 Å². The highest BCUT2D eigenvalue weighted by atomic mass is 32.1. The highest BCUT2D eigenvalue weighted by molar-refractivity contribution is 7.05. The summed E-state index contributed by atoms with van der Waals surface area (Å²) in [5.74, 6) is 0. The molecule has 0 saturated carbocycles. The van der Waals surface area contributed by atoms with Crippen LogP contribution >= 0.6 is 11.5 Å². The molecule has 1 aromatic rings. The summed E-state index contributed by atoms with van der Waals surface area (Å²) in [5, 5.41) is 7.08. The topological polar surface area (TPSA) is 37.8 Å². The van der Waals surface area contributed by atoms with Gasteiger partial charge in [0.25, 0.3) is 0 Å². The first-order chi connectivity index (χ1) is 3.97. The molecule has 0 aliphatic carbocycles. The van der Waals surface area contributed by atoms with Crippen molar-refractivity contribution in [1.29, 1.82) is 0 Å². The predicted molar refractivity (Wildman–Crippen MR) is 30.5 cm³/mol. The summed E-state index contributed by atoms with van der Waals surface area (Å²) in [5.41, 5.74) is 1.13. The van der Waals surface area contributed by atoms with Crippen molar-refractivity contribution in [2.75, 3.05) is 0 Å². The second kappa shape index (κ2) is 1.50. The van der Waals surface area contributed by atoms with Gasteiger partial charge in [-0.25, -0.2) is 0 Å². The molecule has 3 nitrogen and oxygen atoms in total. The molecule has 0 bridgehead atoms. The third-order valence-corrected chi connectivity index (χ3v) is 1.98. The van der Waals surface area contributed by atoms with E-state index in [9.17, 15) is 0 Å². The molecule has 0 amide bonds. The number of fused-ring (bicyclic) bond motifs is 1. The molecule has 4 heteroatoms. The SMILES string of the molecule is C1NCc2snnc21. The maximum Gasteiger partial charge on any atom is 0.0938 e. The summed E-state index contributed by atoms with van der Waals surface area (Å²) < 4.78 is 3.80. The van der Waals surface area contributed by atoms with E-state index < -0.39 is 0 Å². The molecule has 1 aliphatic rings. The van der Waals surface area contributed by atoms with Gasteiger partial charge in [0.15, 0.2) is 0 Å². The Kier molecular flexibility index (Phi) is 0.824. The van der Waals surface area contributed by atoms with Crippen molar-refractivity contribution in [2.24, 2.45) is 0 Å². The van der Waals surface area contributed by atoms with Crippen LogP contribution in [-0.2, 0) is 13.1 Å². The molecule has 0 unspecified atom stereocenters. The zero-order valence-electron chi connectivity index (χ0n) is 4.22. The van der Waals surface area contributed by atoms with Crippen LogP contribution in [-0.4, -0.2) is 9.59 Å². The van der Waals surface area contributed by atoms with Crippen molar-refractivity contribution < 1.29 is 0 Å². The Hall–Kier alpha value is -0.480. The third kappa shape index (κ3) is 0.468. The lowest BCUT2D eigenvalue weighted by Crippen LogP contribution is -2.01. The summed E-state index contributed by atoms with van der Waals surface area (Å²) in [4.78, 5) is 1.30. The first-order valence-corrected chi connectivity index (χ1v) is 3.25. The molecule has 8 heavy (non-hydrogen) atoms. The Balaban J connectivity index is 2.54. The maximum absolute atomic E-state index is 3.90. The Labute approximate surface area is 50.9 Å². The van der Waals surface area contributed by atoms with Gasteiger partial charge in [-0.2, -0.15) is 0 Å². The lowest BCUT2D eigenvalue weighted by Gasteiger charge is -1.80. The van der Waals surface area contributed by atoms with Crippen molar-refractivity contribution in [3.63, 3.8) is 0 Å². The number of hydrogen-bond donors (Lipinski definition) is 1. The van der Waals surface area contributed by atoms with Crippen molar-refractivity contribution in [2.45, 2.75) is 13.1 Å². The summed E-state index contributed by atoms with van der Waals surface area (Å²) in [6.45, 7) is 1.87. The van der Waals surface area contributed by atoms with Gasteiger partial charge in [-0.3, -0.25) is 0 Å². The number of nitrogens with zero attached hydrogens (tertiary/aromatic N) is 2. The van der Waals surface area contributed by atoms with Gasteiger partial charge in [0.2, 0.25) is 0 Å². The Bertz CT molecular complexity index is 176. The molecule has 2 heterocycles. The third-order valence-electron chi connectivity index (χ3n) is 1.21. The predicted octanol–water partition coefficient (Wildman–Crippen LogP) is 0.141. The first-order valence-electron chi connectivity index (χ1n) is 2.47. The molecular weight excluding hydrogens is 122 g/mol. The van der Waals surface area contributed by atoms with Crippen molar-refractivity contribution >= 4 is 11.5 Å². The van der Waals surface area contributed by atoms with Crippen LogP contribution in [0.15, 0.2) is 0 Å². The van der Waals surface area contributed by atoms with Gasteiger partial charge in [0.1, 0.15) is 0 Å². The molecule has 0 radical (unpaired) electrons. The number of nitrogens with one attached hydrogen (secondary N) is 1. The largest absolute Gasteiger partial charge is 0.306 e. The van der Waals surface area contributed by atoms with E-state index >= 15 is 0 Å². The maximum atomic E-state index is 3.90. The van der Waals surface area contributed by atoms with Crippen molar-refractivity contribution in [3.8, 4) is 0 Å². The van der Waals surface area contributed by atoms with E-state index in [0.29, 0.717) is 0 Å². The van der Waals surface area contributed by atoms with Crippen LogP contribution in [0.2, 0.25) is 0 Å². The average molecular weight is 127 g/mol. The average Bonchev–Trinajstić information content (AvgIpc) is 2.15. The van der Waals surface area contributed by atoms with Gasteiger partial charge >= 0.3 is 0 Å². The normalized spacial score (nSPS) is 16.5. The summed E-state index contributed by atoms with van der Waals surface area (Å²) in [7, 11) is 0. The van der Waals surface area contributed by atoms with Gasteiger partial charge in [-0.05, 0) is 11.5 Å². The summed E-state index contributed by atoms with van der Waals surface area (Å²) in [6.07, 6.45) is 0. The smallest absolute Gasteiger partial charge is 0.0938 e. The minimum absolute atomic E-state index is 0.909. The van der Waals surface area contributed by atoms with Gasteiger partial charge in [-0.15, -0.1) is 5.10 Å². The lowest BCUT2D eigenvalue weighted by molar-refractivity contribution is 0.751. The zero-order valence-corrected chi connectivity index (χ0v) is 5.03. The number of aromatic nitrogens is 2. The molecule has 0 atom stereocenters. The van der Waals surface area contributed by atoms with Crippen LogP contribution < -0.4 is 5.32 Å². The first kappa shape index (κ1) is 4.40. The second-order valence-electron chi connectivity index (χ2n) is 1.75. The van der Waals surface area contributed by atoms with Gasteiger partial charge in [0, 0.05) is 13.1 Å². The highest BCUT2D eigenvalue weighted by Gasteiger charge is 2.12. The van der Waals surface area contributed by atoms with Crippen LogP contribution in [0.1, 0.15) is 10.6 Å².